The van der Waals surface area contributed by atoms with Gasteiger partial charge in [-0.15, -0.1) is 0 Å². The molecule has 2 aromatic rings. The summed E-state index contributed by atoms with van der Waals surface area (Å²) in [5.41, 5.74) is 0.386. The molecule has 0 aliphatic carbocycles. The molecule has 0 bridgehead atoms. The van der Waals surface area contributed by atoms with Crippen molar-refractivity contribution in [2.24, 2.45) is 0 Å². The summed E-state index contributed by atoms with van der Waals surface area (Å²) in [5.74, 6) is 0.377. The first-order chi connectivity index (χ1) is 12.9. The number of morpholine rings is 1. The van der Waals surface area contributed by atoms with Crippen molar-refractivity contribution in [2.45, 2.75) is 24.9 Å². The van der Waals surface area contributed by atoms with Crippen LogP contribution in [0.15, 0.2) is 42.6 Å². The minimum Gasteiger partial charge on any atom is -0.373 e. The third kappa shape index (κ3) is 3.90. The highest BCUT2D eigenvalue weighted by Gasteiger charge is 2.41. The number of benzene rings is 1. The molecule has 1 aromatic carbocycles. The van der Waals surface area contributed by atoms with Crippen LogP contribution in [0.3, 0.4) is 0 Å². The number of pyridine rings is 1. The first-order valence-electron chi connectivity index (χ1n) is 8.79. The van der Waals surface area contributed by atoms with Crippen LogP contribution in [0, 0.1) is 0 Å². The van der Waals surface area contributed by atoms with Crippen molar-refractivity contribution in [3.63, 3.8) is 0 Å². The van der Waals surface area contributed by atoms with Crippen LogP contribution >= 0.6 is 11.6 Å². The molecule has 3 heterocycles. The number of aromatic nitrogens is 1. The molecule has 0 spiro atoms. The lowest BCUT2D eigenvalue weighted by Crippen LogP contribution is -2.50. The molecule has 2 aliphatic heterocycles. The standard InChI is InChI=1S/C19H19ClF3N3O/c20-15-8-14(19(21,22)23)9-24-18(15)26-11-16-17(12-26)27-7-6-25(16)10-13-4-2-1-3-5-13/h1-5,8-9,16-17H,6-7,10-12H2. The highest BCUT2D eigenvalue weighted by Crippen LogP contribution is 2.35. The number of hydrogen-bond donors (Lipinski definition) is 0. The molecule has 27 heavy (non-hydrogen) atoms. The third-order valence-corrected chi connectivity index (χ3v) is 5.37. The van der Waals surface area contributed by atoms with Crippen molar-refractivity contribution in [3.8, 4) is 0 Å². The molecule has 1 aromatic heterocycles. The van der Waals surface area contributed by atoms with Gasteiger partial charge >= 0.3 is 6.18 Å². The number of fused-ring (bicyclic) bond motifs is 1. The van der Waals surface area contributed by atoms with E-state index in [0.29, 0.717) is 25.5 Å². The van der Waals surface area contributed by atoms with Crippen LogP contribution in [0.25, 0.3) is 0 Å². The number of alkyl halides is 3. The van der Waals surface area contributed by atoms with E-state index in [1.165, 1.54) is 5.56 Å². The first-order valence-corrected chi connectivity index (χ1v) is 9.17. The molecule has 0 N–H and O–H groups in total. The van der Waals surface area contributed by atoms with Gasteiger partial charge in [-0.3, -0.25) is 4.90 Å². The summed E-state index contributed by atoms with van der Waals surface area (Å²) in [6, 6.07) is 11.3. The normalized spacial score (nSPS) is 23.5. The lowest BCUT2D eigenvalue weighted by molar-refractivity contribution is -0.137. The Bertz CT molecular complexity index is 803. The van der Waals surface area contributed by atoms with Gasteiger partial charge in [0.15, 0.2) is 0 Å². The van der Waals surface area contributed by atoms with Gasteiger partial charge in [0, 0.05) is 32.4 Å². The van der Waals surface area contributed by atoms with Crippen molar-refractivity contribution >= 4 is 17.4 Å². The predicted octanol–water partition coefficient (Wildman–Crippen LogP) is 3.84. The number of rotatable bonds is 3. The van der Waals surface area contributed by atoms with Crippen molar-refractivity contribution in [3.05, 3.63) is 58.7 Å². The Hall–Kier alpha value is -1.83. The van der Waals surface area contributed by atoms with Gasteiger partial charge in [-0.25, -0.2) is 4.98 Å². The van der Waals surface area contributed by atoms with Crippen LogP contribution in [0.1, 0.15) is 11.1 Å². The zero-order valence-electron chi connectivity index (χ0n) is 14.5. The summed E-state index contributed by atoms with van der Waals surface area (Å²) in [5, 5.41) is 0.0121. The maximum Gasteiger partial charge on any atom is 0.417 e. The summed E-state index contributed by atoms with van der Waals surface area (Å²) < 4.78 is 44.4. The van der Waals surface area contributed by atoms with Gasteiger partial charge < -0.3 is 9.64 Å². The summed E-state index contributed by atoms with van der Waals surface area (Å²) in [4.78, 5) is 8.27. The average molecular weight is 398 g/mol. The lowest BCUT2D eigenvalue weighted by Gasteiger charge is -2.36. The van der Waals surface area contributed by atoms with Crippen molar-refractivity contribution in [1.82, 2.24) is 9.88 Å². The number of nitrogens with zero attached hydrogens (tertiary/aromatic N) is 3. The highest BCUT2D eigenvalue weighted by atomic mass is 35.5. The first kappa shape index (κ1) is 18.5. The SMILES string of the molecule is FC(F)(F)c1cnc(N2CC3OCCN(Cc4ccccc4)C3C2)c(Cl)c1. The Morgan fingerprint density at radius 2 is 1.96 bits per heavy atom. The topological polar surface area (TPSA) is 28.6 Å². The zero-order chi connectivity index (χ0) is 19.0. The molecule has 2 unspecified atom stereocenters. The minimum absolute atomic E-state index is 0.0115. The van der Waals surface area contributed by atoms with Crippen molar-refractivity contribution in [1.29, 1.82) is 0 Å². The van der Waals surface area contributed by atoms with Gasteiger partial charge in [-0.1, -0.05) is 41.9 Å². The number of hydrogen-bond acceptors (Lipinski definition) is 4. The molecule has 0 radical (unpaired) electrons. The molecule has 2 saturated heterocycles. The van der Waals surface area contributed by atoms with Gasteiger partial charge in [-0.05, 0) is 11.6 Å². The zero-order valence-corrected chi connectivity index (χ0v) is 15.2. The van der Waals surface area contributed by atoms with Gasteiger partial charge in [0.05, 0.1) is 29.3 Å². The number of halogens is 4. The average Bonchev–Trinajstić information content (AvgIpc) is 3.07. The summed E-state index contributed by atoms with van der Waals surface area (Å²) >= 11 is 6.12. The van der Waals surface area contributed by atoms with Crippen LogP contribution < -0.4 is 4.90 Å². The van der Waals surface area contributed by atoms with E-state index < -0.39 is 11.7 Å². The molecular weight excluding hydrogens is 379 g/mol. The summed E-state index contributed by atoms with van der Waals surface area (Å²) in [6.07, 6.45) is -3.63. The molecule has 2 aliphatic rings. The van der Waals surface area contributed by atoms with E-state index in [-0.39, 0.29) is 17.2 Å². The van der Waals surface area contributed by atoms with Gasteiger partial charge in [0.1, 0.15) is 5.82 Å². The molecule has 2 fully saturated rings. The van der Waals surface area contributed by atoms with Crippen LogP contribution in [-0.4, -0.2) is 48.3 Å². The predicted molar refractivity (Wildman–Crippen MR) is 96.8 cm³/mol. The van der Waals surface area contributed by atoms with E-state index in [4.69, 9.17) is 16.3 Å². The van der Waals surface area contributed by atoms with E-state index >= 15 is 0 Å². The molecular formula is C19H19ClF3N3O. The molecule has 0 amide bonds. The Morgan fingerprint density at radius 3 is 2.67 bits per heavy atom. The monoisotopic (exact) mass is 397 g/mol. The van der Waals surface area contributed by atoms with E-state index in [0.717, 1.165) is 25.4 Å². The minimum atomic E-state index is -4.45. The van der Waals surface area contributed by atoms with Gasteiger partial charge in [0.25, 0.3) is 0 Å². The highest BCUT2D eigenvalue weighted by molar-refractivity contribution is 6.33. The second-order valence-electron chi connectivity index (χ2n) is 6.86. The molecule has 0 saturated carbocycles. The Balaban J connectivity index is 1.51. The van der Waals surface area contributed by atoms with Crippen molar-refractivity contribution < 1.29 is 17.9 Å². The number of ether oxygens (including phenoxy) is 1. The second-order valence-corrected chi connectivity index (χ2v) is 7.27. The fourth-order valence-corrected chi connectivity index (χ4v) is 4.05. The molecule has 8 heteroatoms. The summed E-state index contributed by atoms with van der Waals surface area (Å²) in [6.45, 7) is 3.45. The number of anilines is 1. The fraction of sp³-hybridized carbons (Fsp3) is 0.421. The largest absolute Gasteiger partial charge is 0.417 e. The summed E-state index contributed by atoms with van der Waals surface area (Å²) in [7, 11) is 0. The second kappa shape index (κ2) is 7.30. The maximum absolute atomic E-state index is 12.8. The van der Waals surface area contributed by atoms with E-state index in [9.17, 15) is 13.2 Å². The van der Waals surface area contributed by atoms with Gasteiger partial charge in [0.2, 0.25) is 0 Å². The van der Waals surface area contributed by atoms with Crippen LogP contribution in [0.5, 0.6) is 0 Å². The van der Waals surface area contributed by atoms with E-state index in [2.05, 4.69) is 22.0 Å². The maximum atomic E-state index is 12.8. The van der Waals surface area contributed by atoms with E-state index in [1.54, 1.807) is 0 Å². The van der Waals surface area contributed by atoms with Crippen LogP contribution in [0.2, 0.25) is 5.02 Å². The Kier molecular flexibility index (Phi) is 5.01. The third-order valence-electron chi connectivity index (χ3n) is 5.09. The fourth-order valence-electron chi connectivity index (χ4n) is 3.76. The molecule has 2 atom stereocenters. The van der Waals surface area contributed by atoms with Gasteiger partial charge in [-0.2, -0.15) is 13.2 Å². The lowest BCUT2D eigenvalue weighted by atomic mass is 10.1. The molecule has 144 valence electrons. The van der Waals surface area contributed by atoms with Crippen LogP contribution in [0.4, 0.5) is 19.0 Å². The van der Waals surface area contributed by atoms with Crippen molar-refractivity contribution in [2.75, 3.05) is 31.1 Å². The van der Waals surface area contributed by atoms with E-state index in [1.807, 2.05) is 23.1 Å². The smallest absolute Gasteiger partial charge is 0.373 e. The Labute approximate surface area is 160 Å². The molecule has 4 rings (SSSR count). The molecule has 4 nitrogen and oxygen atoms in total. The Morgan fingerprint density at radius 1 is 1.19 bits per heavy atom. The quantitative estimate of drug-likeness (QED) is 0.786. The van der Waals surface area contributed by atoms with Crippen LogP contribution in [-0.2, 0) is 17.5 Å².